The normalized spacial score (nSPS) is 14.5. The lowest BCUT2D eigenvalue weighted by molar-refractivity contribution is -0.147. The van der Waals surface area contributed by atoms with E-state index in [0.717, 1.165) is 16.9 Å². The molecule has 0 saturated carbocycles. The van der Waals surface area contributed by atoms with E-state index in [4.69, 9.17) is 16.3 Å². The summed E-state index contributed by atoms with van der Waals surface area (Å²) in [5, 5.41) is 5.97. The monoisotopic (exact) mass is 494 g/mol. The Morgan fingerprint density at radius 3 is 2.57 bits per heavy atom. The number of rotatable bonds is 8. The van der Waals surface area contributed by atoms with Crippen molar-refractivity contribution in [3.63, 3.8) is 0 Å². The highest BCUT2D eigenvalue weighted by molar-refractivity contribution is 6.30. The van der Waals surface area contributed by atoms with Gasteiger partial charge in [0, 0.05) is 10.7 Å². The van der Waals surface area contributed by atoms with Gasteiger partial charge in [-0.15, -0.1) is 0 Å². The quantitative estimate of drug-likeness (QED) is 0.283. The lowest BCUT2D eigenvalue weighted by Crippen LogP contribution is -2.36. The van der Waals surface area contributed by atoms with E-state index in [1.54, 1.807) is 36.4 Å². The molecule has 2 N–H and O–H groups in total. The van der Waals surface area contributed by atoms with Crippen LogP contribution < -0.4 is 10.9 Å². The Hall–Kier alpha value is -4.11. The zero-order chi connectivity index (χ0) is 24.9. The lowest BCUT2D eigenvalue weighted by atomic mass is 10.1. The minimum atomic E-state index is -0.763. The number of H-pyrrole nitrogens is 1. The number of esters is 1. The zero-order valence-electron chi connectivity index (χ0n) is 18.9. The lowest BCUT2D eigenvalue weighted by Gasteiger charge is -2.11. The van der Waals surface area contributed by atoms with Crippen molar-refractivity contribution in [1.82, 2.24) is 20.0 Å². The number of nitrogens with one attached hydrogen (secondary N) is 2. The van der Waals surface area contributed by atoms with Crippen molar-refractivity contribution in [3.05, 3.63) is 92.5 Å². The van der Waals surface area contributed by atoms with Crippen LogP contribution in [0.2, 0.25) is 5.02 Å². The van der Waals surface area contributed by atoms with Crippen LogP contribution in [0.3, 0.4) is 0 Å². The van der Waals surface area contributed by atoms with Crippen molar-refractivity contribution in [2.24, 2.45) is 0 Å². The van der Waals surface area contributed by atoms with Crippen LogP contribution in [0, 0.1) is 0 Å². The highest BCUT2D eigenvalue weighted by Gasteiger charge is 2.36. The molecule has 0 aliphatic carbocycles. The molecule has 3 amide bonds. The molecule has 0 atom stereocenters. The van der Waals surface area contributed by atoms with Crippen LogP contribution in [-0.2, 0) is 27.4 Å². The molecule has 1 aliphatic heterocycles. The molecule has 180 valence electrons. The molecule has 1 aromatic heterocycles. The van der Waals surface area contributed by atoms with Crippen LogP contribution in [-0.4, -0.2) is 39.1 Å². The smallest absolute Gasteiger partial charge is 0.329 e. The van der Waals surface area contributed by atoms with Crippen molar-refractivity contribution < 1.29 is 19.1 Å². The van der Waals surface area contributed by atoms with Crippen LogP contribution in [0.15, 0.2) is 65.1 Å². The number of ether oxygens (including phenoxy) is 1. The summed E-state index contributed by atoms with van der Waals surface area (Å²) in [5.74, 6) is -1.45. The fourth-order valence-electron chi connectivity index (χ4n) is 3.65. The van der Waals surface area contributed by atoms with Crippen LogP contribution >= 0.6 is 11.6 Å². The molecule has 0 spiro atoms. The summed E-state index contributed by atoms with van der Waals surface area (Å²) in [5.41, 5.74) is 1.67. The number of imide groups is 1. The van der Waals surface area contributed by atoms with Crippen molar-refractivity contribution >= 4 is 35.6 Å². The van der Waals surface area contributed by atoms with E-state index >= 15 is 0 Å². The Kier molecular flexibility index (Phi) is 7.17. The van der Waals surface area contributed by atoms with Crippen LogP contribution in [0.4, 0.5) is 4.79 Å². The molecule has 1 fully saturated rings. The van der Waals surface area contributed by atoms with E-state index < -0.39 is 30.0 Å². The third kappa shape index (κ3) is 5.36. The second-order valence-corrected chi connectivity index (χ2v) is 8.34. The number of carbonyl (C=O) groups excluding carboxylic acids is 3. The third-order valence-corrected chi connectivity index (χ3v) is 5.59. The third-order valence-electron chi connectivity index (χ3n) is 5.35. The highest BCUT2D eigenvalue weighted by atomic mass is 35.5. The molecule has 3 aromatic rings. The molecule has 0 bridgehead atoms. The highest BCUT2D eigenvalue weighted by Crippen LogP contribution is 2.18. The van der Waals surface area contributed by atoms with Crippen molar-refractivity contribution in [1.29, 1.82) is 0 Å². The summed E-state index contributed by atoms with van der Waals surface area (Å²) >= 11 is 6.07. The van der Waals surface area contributed by atoms with Gasteiger partial charge in [-0.25, -0.2) is 14.4 Å². The molecule has 1 aliphatic rings. The predicted octanol–water partition coefficient (Wildman–Crippen LogP) is 3.41. The van der Waals surface area contributed by atoms with Gasteiger partial charge in [0.15, 0.2) is 0 Å². The maximum absolute atomic E-state index is 13.2. The Bertz CT molecular complexity index is 1360. The average molecular weight is 495 g/mol. The van der Waals surface area contributed by atoms with E-state index in [-0.39, 0.29) is 17.9 Å². The number of urea groups is 1. The molecule has 0 unspecified atom stereocenters. The van der Waals surface area contributed by atoms with Crippen LogP contribution in [0.1, 0.15) is 30.2 Å². The van der Waals surface area contributed by atoms with Gasteiger partial charge in [0.2, 0.25) is 0 Å². The molecule has 4 rings (SSSR count). The first-order chi connectivity index (χ1) is 16.9. The molecule has 35 heavy (non-hydrogen) atoms. The maximum Gasteiger partial charge on any atom is 0.329 e. The van der Waals surface area contributed by atoms with Gasteiger partial charge in [0.25, 0.3) is 11.5 Å². The fraction of sp³-hybridized carbons (Fsp3) is 0.200. The minimum Gasteiger partial charge on any atom is -0.459 e. The molecular formula is C25H23ClN4O5. The first kappa shape index (κ1) is 24.0. The molecular weight excluding hydrogens is 472 g/mol. The number of nitrogens with zero attached hydrogens (tertiary/aromatic N) is 2. The number of aryl methyl sites for hydroxylation is 1. The van der Waals surface area contributed by atoms with E-state index in [2.05, 4.69) is 10.4 Å². The van der Waals surface area contributed by atoms with Crippen molar-refractivity contribution in [3.8, 4) is 5.69 Å². The Morgan fingerprint density at radius 1 is 1.09 bits per heavy atom. The van der Waals surface area contributed by atoms with Crippen LogP contribution in [0.25, 0.3) is 11.8 Å². The summed E-state index contributed by atoms with van der Waals surface area (Å²) in [6.45, 7) is 1.44. The number of carbonyl (C=O) groups is 3. The average Bonchev–Trinajstić information content (AvgIpc) is 3.29. The Labute approximate surface area is 205 Å². The van der Waals surface area contributed by atoms with E-state index in [1.807, 2.05) is 25.1 Å². The maximum atomic E-state index is 13.2. The van der Waals surface area contributed by atoms with E-state index in [0.29, 0.717) is 22.8 Å². The zero-order valence-corrected chi connectivity index (χ0v) is 19.7. The second-order valence-electron chi connectivity index (χ2n) is 7.90. The number of amides is 3. The van der Waals surface area contributed by atoms with Gasteiger partial charge in [-0.05, 0) is 36.3 Å². The molecule has 1 saturated heterocycles. The fourth-order valence-corrected chi connectivity index (χ4v) is 3.84. The minimum absolute atomic E-state index is 0.0266. The molecule has 0 radical (unpaired) electrons. The Morgan fingerprint density at radius 2 is 1.86 bits per heavy atom. The van der Waals surface area contributed by atoms with Gasteiger partial charge in [0.1, 0.15) is 18.8 Å². The summed E-state index contributed by atoms with van der Waals surface area (Å²) in [4.78, 5) is 51.4. The van der Waals surface area contributed by atoms with Gasteiger partial charge in [-0.3, -0.25) is 19.5 Å². The number of hydrogen-bond donors (Lipinski definition) is 2. The molecule has 9 nitrogen and oxygen atoms in total. The first-order valence-electron chi connectivity index (χ1n) is 11.0. The topological polar surface area (TPSA) is 114 Å². The van der Waals surface area contributed by atoms with Gasteiger partial charge in [-0.2, -0.15) is 0 Å². The summed E-state index contributed by atoms with van der Waals surface area (Å²) in [7, 11) is 0. The largest absolute Gasteiger partial charge is 0.459 e. The predicted molar refractivity (Wildman–Crippen MR) is 130 cm³/mol. The van der Waals surface area contributed by atoms with E-state index in [9.17, 15) is 19.2 Å². The number of aromatic nitrogens is 2. The number of hydrogen-bond acceptors (Lipinski definition) is 5. The second kappa shape index (κ2) is 10.4. The summed E-state index contributed by atoms with van der Waals surface area (Å²) in [6.07, 6.45) is 2.62. The van der Waals surface area contributed by atoms with Gasteiger partial charge in [0.05, 0.1) is 11.3 Å². The van der Waals surface area contributed by atoms with E-state index in [1.165, 1.54) is 10.8 Å². The Balaban J connectivity index is 1.54. The number of benzene rings is 2. The number of halogens is 1. The van der Waals surface area contributed by atoms with Gasteiger partial charge >= 0.3 is 12.0 Å². The van der Waals surface area contributed by atoms with Crippen LogP contribution in [0.5, 0.6) is 0 Å². The van der Waals surface area contributed by atoms with Crippen molar-refractivity contribution in [2.45, 2.75) is 26.4 Å². The summed E-state index contributed by atoms with van der Waals surface area (Å²) < 4.78 is 6.51. The van der Waals surface area contributed by atoms with Crippen molar-refractivity contribution in [2.75, 3.05) is 6.54 Å². The number of aromatic amines is 1. The molecule has 2 heterocycles. The molecule has 10 heteroatoms. The van der Waals surface area contributed by atoms with Gasteiger partial charge < -0.3 is 10.1 Å². The molecule has 2 aromatic carbocycles. The van der Waals surface area contributed by atoms with Gasteiger partial charge in [-0.1, -0.05) is 61.3 Å². The first-order valence-corrected chi connectivity index (χ1v) is 11.4. The standard InChI is InChI=1S/C25H23ClN4O5/c1-2-7-20-19(23(32)30(28-20)18-11-6-10-17(26)12-18)13-21-24(33)29(25(34)27-21)14-22(31)35-15-16-8-4-3-5-9-16/h3-6,8-13,28H,2,7,14-15H2,1H3,(H,27,34). The summed E-state index contributed by atoms with van der Waals surface area (Å²) in [6, 6.07) is 15.1. The SMILES string of the molecule is CCCc1[nH]n(-c2cccc(Cl)c2)c(=O)c1C=C1NC(=O)N(CC(=O)OCc2ccccc2)C1=O.